The van der Waals surface area contributed by atoms with E-state index < -0.39 is 9.84 Å². The van der Waals surface area contributed by atoms with Crippen molar-refractivity contribution in [2.45, 2.75) is 18.2 Å². The minimum atomic E-state index is -3.29. The number of carbonyl (C=O) groups is 1. The Morgan fingerprint density at radius 2 is 1.90 bits per heavy atom. The fourth-order valence-corrected chi connectivity index (χ4v) is 2.98. The lowest BCUT2D eigenvalue weighted by Gasteiger charge is -2.06. The van der Waals surface area contributed by atoms with Gasteiger partial charge in [-0.25, -0.2) is 8.42 Å². The summed E-state index contributed by atoms with van der Waals surface area (Å²) in [5.41, 5.74) is 0. The van der Waals surface area contributed by atoms with Crippen molar-refractivity contribution in [1.82, 2.24) is 5.32 Å². The van der Waals surface area contributed by atoms with Crippen molar-refractivity contribution in [2.24, 2.45) is 0 Å². The van der Waals surface area contributed by atoms with E-state index >= 15 is 0 Å². The molecule has 0 radical (unpaired) electrons. The Kier molecular flexibility index (Phi) is 7.18. The number of benzene rings is 1. The topological polar surface area (TPSA) is 72.5 Å². The maximum absolute atomic E-state index is 12.0. The molecule has 0 unspecified atom stereocenters. The average Bonchev–Trinajstić information content (AvgIpc) is 2.39. The van der Waals surface area contributed by atoms with E-state index in [4.69, 9.17) is 4.74 Å². The van der Waals surface area contributed by atoms with Gasteiger partial charge in [-0.05, 0) is 31.2 Å². The van der Waals surface area contributed by atoms with Crippen molar-refractivity contribution in [3.05, 3.63) is 28.7 Å². The van der Waals surface area contributed by atoms with Crippen molar-refractivity contribution in [2.75, 3.05) is 25.4 Å². The number of hydrogen-bond acceptors (Lipinski definition) is 5. The Labute approximate surface area is 127 Å². The highest BCUT2D eigenvalue weighted by Crippen LogP contribution is 2.15. The predicted octanol–water partition coefficient (Wildman–Crippen LogP) is 1.77. The first-order chi connectivity index (χ1) is 9.45. The minimum absolute atomic E-state index is 0.00252. The largest absolute Gasteiger partial charge is 0.466 e. The number of sulfone groups is 1. The minimum Gasteiger partial charge on any atom is -0.466 e. The molecule has 0 atom stereocenters. The van der Waals surface area contributed by atoms with Crippen LogP contribution >= 0.6 is 15.9 Å². The summed E-state index contributed by atoms with van der Waals surface area (Å²) in [7, 11) is -3.29. The van der Waals surface area contributed by atoms with Gasteiger partial charge in [-0.2, -0.15) is 0 Å². The average molecular weight is 364 g/mol. The zero-order valence-electron chi connectivity index (χ0n) is 11.3. The lowest BCUT2D eigenvalue weighted by molar-refractivity contribution is -0.142. The molecule has 0 aliphatic heterocycles. The van der Waals surface area contributed by atoms with Crippen LogP contribution < -0.4 is 5.32 Å². The first-order valence-electron chi connectivity index (χ1n) is 6.30. The molecule has 0 amide bonds. The summed E-state index contributed by atoms with van der Waals surface area (Å²) in [6.07, 6.45) is 0.242. The van der Waals surface area contributed by atoms with Gasteiger partial charge in [-0.3, -0.25) is 4.79 Å². The Hall–Kier alpha value is -0.920. The van der Waals surface area contributed by atoms with Gasteiger partial charge in [0, 0.05) is 17.6 Å². The molecule has 0 saturated carbocycles. The molecule has 20 heavy (non-hydrogen) atoms. The maximum atomic E-state index is 12.0. The van der Waals surface area contributed by atoms with Crippen LogP contribution in [0.2, 0.25) is 0 Å². The highest BCUT2D eigenvalue weighted by molar-refractivity contribution is 9.10. The maximum Gasteiger partial charge on any atom is 0.307 e. The standard InChI is InChI=1S/C13H18BrNO4S/c1-2-19-13(16)7-8-15-9-10-20(17,18)12-5-3-11(14)4-6-12/h3-6,15H,2,7-10H2,1H3. The first-order valence-corrected chi connectivity index (χ1v) is 8.75. The fraction of sp³-hybridized carbons (Fsp3) is 0.462. The predicted molar refractivity (Wildman–Crippen MR) is 80.3 cm³/mol. The molecule has 0 aliphatic carbocycles. The lowest BCUT2D eigenvalue weighted by atomic mass is 10.4. The summed E-state index contributed by atoms with van der Waals surface area (Å²) in [6.45, 7) is 2.82. The SMILES string of the molecule is CCOC(=O)CCNCCS(=O)(=O)c1ccc(Br)cc1. The van der Waals surface area contributed by atoms with Crippen molar-refractivity contribution in [3.8, 4) is 0 Å². The number of ether oxygens (including phenoxy) is 1. The van der Waals surface area contributed by atoms with Gasteiger partial charge in [-0.1, -0.05) is 15.9 Å². The third kappa shape index (κ3) is 6.02. The second kappa shape index (κ2) is 8.39. The Morgan fingerprint density at radius 1 is 1.25 bits per heavy atom. The highest BCUT2D eigenvalue weighted by atomic mass is 79.9. The summed E-state index contributed by atoms with van der Waals surface area (Å²) < 4.78 is 29.6. The van der Waals surface area contributed by atoms with E-state index in [1.54, 1.807) is 31.2 Å². The van der Waals surface area contributed by atoms with E-state index in [1.807, 2.05) is 0 Å². The second-order valence-electron chi connectivity index (χ2n) is 4.08. The Bertz CT molecular complexity index is 528. The fourth-order valence-electron chi connectivity index (χ4n) is 1.51. The highest BCUT2D eigenvalue weighted by Gasteiger charge is 2.13. The summed E-state index contributed by atoms with van der Waals surface area (Å²) in [5.74, 6) is -0.284. The Balaban J connectivity index is 2.34. The van der Waals surface area contributed by atoms with Gasteiger partial charge in [-0.15, -0.1) is 0 Å². The molecule has 1 aromatic rings. The quantitative estimate of drug-likeness (QED) is 0.562. The van der Waals surface area contributed by atoms with Crippen LogP contribution in [0.1, 0.15) is 13.3 Å². The van der Waals surface area contributed by atoms with Crippen LogP contribution in [0.5, 0.6) is 0 Å². The number of carbonyl (C=O) groups excluding carboxylic acids is 1. The van der Waals surface area contributed by atoms with Crippen LogP contribution in [0.4, 0.5) is 0 Å². The number of nitrogens with one attached hydrogen (secondary N) is 1. The van der Waals surface area contributed by atoms with Gasteiger partial charge in [0.1, 0.15) is 0 Å². The molecule has 1 N–H and O–H groups in total. The molecule has 7 heteroatoms. The second-order valence-corrected chi connectivity index (χ2v) is 7.10. The number of hydrogen-bond donors (Lipinski definition) is 1. The van der Waals surface area contributed by atoms with Crippen molar-refractivity contribution in [1.29, 1.82) is 0 Å². The number of rotatable bonds is 8. The van der Waals surface area contributed by atoms with Crippen LogP contribution in [0, 0.1) is 0 Å². The van der Waals surface area contributed by atoms with Gasteiger partial charge in [0.05, 0.1) is 23.7 Å². The van der Waals surface area contributed by atoms with Gasteiger partial charge in [0.25, 0.3) is 0 Å². The van der Waals surface area contributed by atoms with Crippen LogP contribution in [-0.2, 0) is 19.4 Å². The molecule has 1 rings (SSSR count). The normalized spacial score (nSPS) is 11.3. The van der Waals surface area contributed by atoms with E-state index in [1.165, 1.54) is 0 Å². The smallest absolute Gasteiger partial charge is 0.307 e. The van der Waals surface area contributed by atoms with Crippen molar-refractivity contribution < 1.29 is 17.9 Å². The summed E-state index contributed by atoms with van der Waals surface area (Å²) in [4.78, 5) is 11.4. The molecule has 0 spiro atoms. The van der Waals surface area contributed by atoms with Gasteiger partial charge in [0.2, 0.25) is 0 Å². The number of esters is 1. The zero-order valence-corrected chi connectivity index (χ0v) is 13.7. The van der Waals surface area contributed by atoms with Crippen LogP contribution in [0.25, 0.3) is 0 Å². The van der Waals surface area contributed by atoms with Crippen LogP contribution in [-0.4, -0.2) is 39.8 Å². The monoisotopic (exact) mass is 363 g/mol. The third-order valence-electron chi connectivity index (χ3n) is 2.53. The van der Waals surface area contributed by atoms with E-state index in [0.717, 1.165) is 4.47 Å². The van der Waals surface area contributed by atoms with E-state index in [-0.39, 0.29) is 18.1 Å². The van der Waals surface area contributed by atoms with E-state index in [0.29, 0.717) is 24.6 Å². The summed E-state index contributed by atoms with van der Waals surface area (Å²) >= 11 is 3.26. The molecule has 5 nitrogen and oxygen atoms in total. The number of halogens is 1. The summed E-state index contributed by atoms with van der Waals surface area (Å²) in [5, 5.41) is 2.92. The Morgan fingerprint density at radius 3 is 2.50 bits per heavy atom. The molecule has 0 fully saturated rings. The molecular formula is C13H18BrNO4S. The molecule has 112 valence electrons. The van der Waals surface area contributed by atoms with E-state index in [2.05, 4.69) is 21.2 Å². The molecule has 0 aliphatic rings. The summed E-state index contributed by atoms with van der Waals surface area (Å²) in [6, 6.07) is 6.53. The molecule has 0 aromatic heterocycles. The zero-order chi connectivity index (χ0) is 15.0. The van der Waals surface area contributed by atoms with E-state index in [9.17, 15) is 13.2 Å². The molecule has 1 aromatic carbocycles. The molecule has 0 saturated heterocycles. The van der Waals surface area contributed by atoms with Crippen LogP contribution in [0.3, 0.4) is 0 Å². The lowest BCUT2D eigenvalue weighted by Crippen LogP contribution is -2.25. The van der Waals surface area contributed by atoms with Crippen molar-refractivity contribution >= 4 is 31.7 Å². The van der Waals surface area contributed by atoms with Gasteiger partial charge < -0.3 is 10.1 Å². The van der Waals surface area contributed by atoms with Crippen molar-refractivity contribution in [3.63, 3.8) is 0 Å². The molecule has 0 bridgehead atoms. The first kappa shape index (κ1) is 17.1. The third-order valence-corrected chi connectivity index (χ3v) is 4.79. The molecule has 0 heterocycles. The van der Waals surface area contributed by atoms with Gasteiger partial charge in [0.15, 0.2) is 9.84 Å². The van der Waals surface area contributed by atoms with Gasteiger partial charge >= 0.3 is 5.97 Å². The van der Waals surface area contributed by atoms with Crippen LogP contribution in [0.15, 0.2) is 33.6 Å². The molecular weight excluding hydrogens is 346 g/mol.